The first-order chi connectivity index (χ1) is 14.0. The quantitative estimate of drug-likeness (QED) is 0.413. The average molecular weight is 472 g/mol. The maximum atomic E-state index is 13.1. The van der Waals surface area contributed by atoms with Gasteiger partial charge in [0.15, 0.2) is 5.82 Å². The fraction of sp³-hybridized carbons (Fsp3) is 0. The molecule has 4 aromatic rings. The van der Waals surface area contributed by atoms with Crippen LogP contribution in [0, 0.1) is 5.82 Å². The Morgan fingerprint density at radius 1 is 1.03 bits per heavy atom. The topological polar surface area (TPSA) is 59.8 Å². The lowest BCUT2D eigenvalue weighted by molar-refractivity contribution is 0.101. The Hall–Kier alpha value is -3.03. The number of anilines is 1. The molecule has 0 aliphatic heterocycles. The van der Waals surface area contributed by atoms with Crippen molar-refractivity contribution in [2.45, 2.75) is 0 Å². The van der Waals surface area contributed by atoms with Gasteiger partial charge in [0.2, 0.25) is 5.82 Å². The summed E-state index contributed by atoms with van der Waals surface area (Å²) in [6, 6.07) is 20.1. The predicted molar refractivity (Wildman–Crippen MR) is 114 cm³/mol. The Labute approximate surface area is 179 Å². The molecule has 1 heterocycles. The van der Waals surface area contributed by atoms with Gasteiger partial charge >= 0.3 is 0 Å². The maximum Gasteiger partial charge on any atom is 0.295 e. The van der Waals surface area contributed by atoms with Gasteiger partial charge in [0.05, 0.1) is 5.69 Å². The normalized spacial score (nSPS) is 10.7. The van der Waals surface area contributed by atoms with Gasteiger partial charge in [-0.3, -0.25) is 4.79 Å². The zero-order chi connectivity index (χ0) is 20.4. The van der Waals surface area contributed by atoms with E-state index in [1.165, 1.54) is 24.3 Å². The van der Waals surface area contributed by atoms with Crippen LogP contribution < -0.4 is 5.32 Å². The van der Waals surface area contributed by atoms with E-state index in [9.17, 15) is 9.18 Å². The molecule has 0 aliphatic carbocycles. The minimum atomic E-state index is -0.504. The molecule has 5 nitrogen and oxygen atoms in total. The molecule has 3 aromatic carbocycles. The number of aromatic nitrogens is 3. The molecule has 8 heteroatoms. The van der Waals surface area contributed by atoms with Crippen LogP contribution in [0.15, 0.2) is 77.3 Å². The Kier molecular flexibility index (Phi) is 5.42. The third-order valence-corrected chi connectivity index (χ3v) is 4.83. The summed E-state index contributed by atoms with van der Waals surface area (Å²) < 4.78 is 15.6. The van der Waals surface area contributed by atoms with E-state index in [2.05, 4.69) is 31.3 Å². The first-order valence-electron chi connectivity index (χ1n) is 8.55. The summed E-state index contributed by atoms with van der Waals surface area (Å²) in [5.74, 6) is -0.439. The van der Waals surface area contributed by atoms with Crippen molar-refractivity contribution in [2.75, 3.05) is 5.32 Å². The molecule has 0 atom stereocenters. The van der Waals surface area contributed by atoms with Crippen LogP contribution in [-0.4, -0.2) is 20.7 Å². The van der Waals surface area contributed by atoms with E-state index in [1.807, 2.05) is 30.3 Å². The summed E-state index contributed by atoms with van der Waals surface area (Å²) in [7, 11) is 0. The highest BCUT2D eigenvalue weighted by Crippen LogP contribution is 2.25. The summed E-state index contributed by atoms with van der Waals surface area (Å²) in [5.41, 5.74) is 1.89. The second-order valence-corrected chi connectivity index (χ2v) is 7.47. The van der Waals surface area contributed by atoms with Crippen molar-refractivity contribution in [3.05, 3.63) is 93.9 Å². The highest BCUT2D eigenvalue weighted by Gasteiger charge is 2.19. The number of hydrogen-bond acceptors (Lipinski definition) is 3. The molecule has 0 saturated heterocycles. The lowest BCUT2D eigenvalue weighted by atomic mass is 10.2. The fourth-order valence-corrected chi connectivity index (χ4v) is 3.16. The minimum absolute atomic E-state index is 0.0211. The molecule has 0 unspecified atom stereocenters. The smallest absolute Gasteiger partial charge is 0.295 e. The molecular formula is C21H13BrClFN4O. The second-order valence-electron chi connectivity index (χ2n) is 6.12. The van der Waals surface area contributed by atoms with Gasteiger partial charge in [0, 0.05) is 20.7 Å². The molecule has 144 valence electrons. The summed E-state index contributed by atoms with van der Waals surface area (Å²) in [5, 5.41) is 7.61. The molecule has 0 spiro atoms. The first kappa shape index (κ1) is 19.3. The van der Waals surface area contributed by atoms with Crippen LogP contribution in [0.3, 0.4) is 0 Å². The van der Waals surface area contributed by atoms with Gasteiger partial charge in [-0.1, -0.05) is 39.7 Å². The van der Waals surface area contributed by atoms with Crippen LogP contribution in [0.4, 0.5) is 10.1 Å². The van der Waals surface area contributed by atoms with Crippen LogP contribution in [0.25, 0.3) is 17.1 Å². The summed E-state index contributed by atoms with van der Waals surface area (Å²) in [4.78, 5) is 17.1. The van der Waals surface area contributed by atoms with E-state index in [0.717, 1.165) is 10.2 Å². The second kappa shape index (κ2) is 8.14. The Balaban J connectivity index is 1.75. The summed E-state index contributed by atoms with van der Waals surface area (Å²) >= 11 is 9.54. The van der Waals surface area contributed by atoms with Crippen LogP contribution in [-0.2, 0) is 0 Å². The molecule has 1 aromatic heterocycles. The zero-order valence-electron chi connectivity index (χ0n) is 14.8. The van der Waals surface area contributed by atoms with Crippen molar-refractivity contribution in [2.24, 2.45) is 0 Å². The number of nitrogens with one attached hydrogen (secondary N) is 1. The van der Waals surface area contributed by atoms with E-state index in [0.29, 0.717) is 22.1 Å². The zero-order valence-corrected chi connectivity index (χ0v) is 17.2. The van der Waals surface area contributed by atoms with Crippen LogP contribution >= 0.6 is 27.5 Å². The van der Waals surface area contributed by atoms with Crippen molar-refractivity contribution in [3.8, 4) is 17.1 Å². The van der Waals surface area contributed by atoms with Gasteiger partial charge in [0.25, 0.3) is 5.91 Å². The van der Waals surface area contributed by atoms with Crippen molar-refractivity contribution >= 4 is 39.1 Å². The largest absolute Gasteiger partial charge is 0.319 e. The standard InChI is InChI=1S/C21H13BrClFN4O/c22-14-4-10-18(11-5-14)28-20(13-2-1-3-15(23)12-13)26-19(27-28)21(29)25-17-8-6-16(24)7-9-17/h1-12H,(H,25,29). The van der Waals surface area contributed by atoms with E-state index in [1.54, 1.807) is 22.9 Å². The fourth-order valence-electron chi connectivity index (χ4n) is 2.71. The molecule has 0 bridgehead atoms. The number of rotatable bonds is 4. The molecule has 4 rings (SSSR count). The van der Waals surface area contributed by atoms with Crippen LogP contribution in [0.1, 0.15) is 10.6 Å². The Morgan fingerprint density at radius 2 is 1.76 bits per heavy atom. The molecule has 0 fully saturated rings. The van der Waals surface area contributed by atoms with E-state index in [4.69, 9.17) is 11.6 Å². The van der Waals surface area contributed by atoms with E-state index < -0.39 is 5.91 Å². The molecule has 0 radical (unpaired) electrons. The molecule has 29 heavy (non-hydrogen) atoms. The number of halogens is 3. The average Bonchev–Trinajstić information content (AvgIpc) is 3.16. The van der Waals surface area contributed by atoms with Crippen molar-refractivity contribution in [1.82, 2.24) is 14.8 Å². The van der Waals surface area contributed by atoms with Gasteiger partial charge < -0.3 is 5.32 Å². The van der Waals surface area contributed by atoms with E-state index in [-0.39, 0.29) is 11.6 Å². The van der Waals surface area contributed by atoms with Crippen molar-refractivity contribution in [3.63, 3.8) is 0 Å². The van der Waals surface area contributed by atoms with Gasteiger partial charge in [-0.15, -0.1) is 5.10 Å². The number of benzene rings is 3. The highest BCUT2D eigenvalue weighted by atomic mass is 79.9. The molecule has 0 aliphatic rings. The number of hydrogen-bond donors (Lipinski definition) is 1. The first-order valence-corrected chi connectivity index (χ1v) is 9.72. The van der Waals surface area contributed by atoms with Gasteiger partial charge in [-0.25, -0.2) is 14.1 Å². The van der Waals surface area contributed by atoms with Crippen molar-refractivity contribution < 1.29 is 9.18 Å². The van der Waals surface area contributed by atoms with Crippen LogP contribution in [0.2, 0.25) is 5.02 Å². The third kappa shape index (κ3) is 4.36. The van der Waals surface area contributed by atoms with Gasteiger partial charge in [-0.2, -0.15) is 0 Å². The van der Waals surface area contributed by atoms with Gasteiger partial charge in [0.1, 0.15) is 5.82 Å². The lowest BCUT2D eigenvalue weighted by Crippen LogP contribution is -2.14. The molecule has 1 N–H and O–H groups in total. The minimum Gasteiger partial charge on any atom is -0.319 e. The monoisotopic (exact) mass is 470 g/mol. The van der Waals surface area contributed by atoms with Crippen LogP contribution in [0.5, 0.6) is 0 Å². The Morgan fingerprint density at radius 3 is 2.45 bits per heavy atom. The summed E-state index contributed by atoms with van der Waals surface area (Å²) in [6.07, 6.45) is 0. The number of nitrogens with zero attached hydrogens (tertiary/aromatic N) is 3. The van der Waals surface area contributed by atoms with Crippen molar-refractivity contribution in [1.29, 1.82) is 0 Å². The maximum absolute atomic E-state index is 13.1. The molecule has 0 saturated carbocycles. The predicted octanol–water partition coefficient (Wildman–Crippen LogP) is 5.74. The molecule has 1 amide bonds. The molecular weight excluding hydrogens is 459 g/mol. The van der Waals surface area contributed by atoms with Gasteiger partial charge in [-0.05, 0) is 60.7 Å². The third-order valence-electron chi connectivity index (χ3n) is 4.07. The summed E-state index contributed by atoms with van der Waals surface area (Å²) in [6.45, 7) is 0. The lowest BCUT2D eigenvalue weighted by Gasteiger charge is -2.06. The number of carbonyl (C=O) groups excluding carboxylic acids is 1. The number of carbonyl (C=O) groups is 1. The Bertz CT molecular complexity index is 1180. The number of amides is 1. The highest BCUT2D eigenvalue weighted by molar-refractivity contribution is 9.10. The van der Waals surface area contributed by atoms with E-state index >= 15 is 0 Å². The SMILES string of the molecule is O=C(Nc1ccc(F)cc1)c1nc(-c2cccc(Cl)c2)n(-c2ccc(Br)cc2)n1.